The first-order valence-electron chi connectivity index (χ1n) is 13.6. The number of carbonyl (C=O) groups excluding carboxylic acids is 2. The molecule has 3 rings (SSSR count). The molecule has 1 atom stereocenters. The maximum Gasteiger partial charge on any atom is 0.243 e. The van der Waals surface area contributed by atoms with Crippen molar-refractivity contribution in [2.24, 2.45) is 0 Å². The molecule has 0 aliphatic carbocycles. The number of hydrogen-bond acceptors (Lipinski definition) is 5. The number of amides is 2. The van der Waals surface area contributed by atoms with Gasteiger partial charge in [0.1, 0.15) is 17.6 Å². The summed E-state index contributed by atoms with van der Waals surface area (Å²) in [5, 5.41) is 2.89. The summed E-state index contributed by atoms with van der Waals surface area (Å²) < 4.78 is 46.3. The zero-order valence-corrected chi connectivity index (χ0v) is 24.6. The summed E-state index contributed by atoms with van der Waals surface area (Å²) in [4.78, 5) is 28.6. The average Bonchev–Trinajstić information content (AvgIpc) is 2.96. The molecule has 10 heteroatoms. The van der Waals surface area contributed by atoms with Crippen LogP contribution in [0.4, 0.5) is 10.1 Å². The number of anilines is 1. The van der Waals surface area contributed by atoms with E-state index in [-0.39, 0.29) is 49.7 Å². The van der Waals surface area contributed by atoms with Gasteiger partial charge < -0.3 is 15.0 Å². The van der Waals surface area contributed by atoms with Crippen LogP contribution >= 0.6 is 0 Å². The maximum absolute atomic E-state index is 14.7. The Balaban J connectivity index is 1.87. The lowest BCUT2D eigenvalue weighted by Crippen LogP contribution is -2.50. The summed E-state index contributed by atoms with van der Waals surface area (Å²) >= 11 is 0. The molecule has 0 aromatic heterocycles. The van der Waals surface area contributed by atoms with Crippen molar-refractivity contribution in [3.05, 3.63) is 95.8 Å². The van der Waals surface area contributed by atoms with E-state index in [1.807, 2.05) is 37.3 Å². The highest BCUT2D eigenvalue weighted by Gasteiger charge is 2.31. The first kappa shape index (κ1) is 31.6. The predicted octanol–water partition coefficient (Wildman–Crippen LogP) is 4.55. The fraction of sp³-hybridized carbons (Fsp3) is 0.355. The SMILES string of the molecule is CCCNC(=O)[C@@H](Cc1ccccc1)N(Cc1ccccc1F)C(=O)CCCN(c1ccc(OC)cc1)S(C)(=O)=O. The number of rotatable bonds is 15. The number of ether oxygens (including phenoxy) is 1. The van der Waals surface area contributed by atoms with Crippen LogP contribution in [0.1, 0.15) is 37.3 Å². The smallest absolute Gasteiger partial charge is 0.243 e. The van der Waals surface area contributed by atoms with E-state index in [4.69, 9.17) is 4.74 Å². The van der Waals surface area contributed by atoms with Gasteiger partial charge in [-0.15, -0.1) is 0 Å². The summed E-state index contributed by atoms with van der Waals surface area (Å²) in [7, 11) is -2.11. The Labute approximate surface area is 242 Å². The first-order chi connectivity index (χ1) is 19.6. The zero-order valence-electron chi connectivity index (χ0n) is 23.8. The Hall–Kier alpha value is -3.92. The summed E-state index contributed by atoms with van der Waals surface area (Å²) in [6.07, 6.45) is 2.23. The largest absolute Gasteiger partial charge is 0.497 e. The molecule has 3 aromatic rings. The van der Waals surface area contributed by atoms with E-state index in [0.717, 1.165) is 18.2 Å². The molecule has 0 spiro atoms. The van der Waals surface area contributed by atoms with E-state index in [0.29, 0.717) is 18.0 Å². The van der Waals surface area contributed by atoms with Gasteiger partial charge in [0.25, 0.3) is 0 Å². The Morgan fingerprint density at radius 3 is 2.24 bits per heavy atom. The zero-order chi connectivity index (χ0) is 29.8. The van der Waals surface area contributed by atoms with Crippen LogP contribution in [0.3, 0.4) is 0 Å². The van der Waals surface area contributed by atoms with Gasteiger partial charge in [-0.3, -0.25) is 13.9 Å². The lowest BCUT2D eigenvalue weighted by atomic mass is 10.0. The minimum atomic E-state index is -3.64. The van der Waals surface area contributed by atoms with Crippen LogP contribution in [-0.4, -0.2) is 57.6 Å². The Morgan fingerprint density at radius 1 is 0.976 bits per heavy atom. The van der Waals surface area contributed by atoms with Gasteiger partial charge in [-0.1, -0.05) is 55.5 Å². The molecule has 0 fully saturated rings. The number of sulfonamides is 1. The minimum absolute atomic E-state index is 0.0387. The topological polar surface area (TPSA) is 96.0 Å². The molecule has 0 radical (unpaired) electrons. The van der Waals surface area contributed by atoms with Gasteiger partial charge in [0.05, 0.1) is 19.1 Å². The lowest BCUT2D eigenvalue weighted by Gasteiger charge is -2.32. The predicted molar refractivity (Wildman–Crippen MR) is 159 cm³/mol. The second kappa shape index (κ2) is 15.2. The van der Waals surface area contributed by atoms with E-state index in [9.17, 15) is 22.4 Å². The number of nitrogens with zero attached hydrogens (tertiary/aromatic N) is 2. The molecule has 0 unspecified atom stereocenters. The van der Waals surface area contributed by atoms with Gasteiger partial charge >= 0.3 is 0 Å². The Bertz CT molecular complexity index is 1380. The van der Waals surface area contributed by atoms with Crippen LogP contribution in [0.5, 0.6) is 5.75 Å². The monoisotopic (exact) mass is 583 g/mol. The number of halogens is 1. The number of nitrogens with one attached hydrogen (secondary N) is 1. The molecule has 1 N–H and O–H groups in total. The molecule has 220 valence electrons. The summed E-state index contributed by atoms with van der Waals surface area (Å²) in [6.45, 7) is 2.33. The third kappa shape index (κ3) is 9.31. The molecule has 0 aliphatic heterocycles. The quantitative estimate of drug-likeness (QED) is 0.283. The Morgan fingerprint density at radius 2 is 1.63 bits per heavy atom. The van der Waals surface area contributed by atoms with Crippen molar-refractivity contribution in [2.45, 2.75) is 45.2 Å². The fourth-order valence-corrected chi connectivity index (χ4v) is 5.45. The number of hydrogen-bond donors (Lipinski definition) is 1. The van der Waals surface area contributed by atoms with Crippen LogP contribution in [0.15, 0.2) is 78.9 Å². The van der Waals surface area contributed by atoms with Crippen LogP contribution in [0, 0.1) is 5.82 Å². The van der Waals surface area contributed by atoms with Gasteiger partial charge in [-0.2, -0.15) is 0 Å². The van der Waals surface area contributed by atoms with Crippen LogP contribution < -0.4 is 14.4 Å². The molecule has 0 heterocycles. The highest BCUT2D eigenvalue weighted by atomic mass is 32.2. The van der Waals surface area contributed by atoms with Crippen molar-refractivity contribution in [2.75, 3.05) is 30.8 Å². The fourth-order valence-electron chi connectivity index (χ4n) is 4.48. The van der Waals surface area contributed by atoms with Crippen molar-refractivity contribution in [1.29, 1.82) is 0 Å². The van der Waals surface area contributed by atoms with Gasteiger partial charge in [-0.25, -0.2) is 12.8 Å². The van der Waals surface area contributed by atoms with Crippen molar-refractivity contribution in [3.63, 3.8) is 0 Å². The van der Waals surface area contributed by atoms with Crippen molar-refractivity contribution >= 4 is 27.5 Å². The molecule has 0 aliphatic rings. The second-order valence-corrected chi connectivity index (χ2v) is 11.7. The van der Waals surface area contributed by atoms with E-state index in [1.54, 1.807) is 42.5 Å². The normalized spacial score (nSPS) is 11.9. The summed E-state index contributed by atoms with van der Waals surface area (Å²) in [5.41, 5.74) is 1.60. The van der Waals surface area contributed by atoms with Crippen molar-refractivity contribution in [1.82, 2.24) is 10.2 Å². The molecule has 0 saturated heterocycles. The van der Waals surface area contributed by atoms with Crippen LogP contribution in [0.2, 0.25) is 0 Å². The Kier molecular flexibility index (Phi) is 11.7. The van der Waals surface area contributed by atoms with Crippen molar-refractivity contribution < 1.29 is 27.1 Å². The number of methoxy groups -OCH3 is 1. The second-order valence-electron chi connectivity index (χ2n) is 9.75. The third-order valence-electron chi connectivity index (χ3n) is 6.63. The van der Waals surface area contributed by atoms with Crippen molar-refractivity contribution in [3.8, 4) is 5.75 Å². The van der Waals surface area contributed by atoms with Gasteiger partial charge in [0.2, 0.25) is 21.8 Å². The lowest BCUT2D eigenvalue weighted by molar-refractivity contribution is -0.141. The van der Waals surface area contributed by atoms with Gasteiger partial charge in [-0.05, 0) is 48.7 Å². The van der Waals surface area contributed by atoms with E-state index in [2.05, 4.69) is 5.32 Å². The number of benzene rings is 3. The van der Waals surface area contributed by atoms with E-state index >= 15 is 0 Å². The average molecular weight is 584 g/mol. The maximum atomic E-state index is 14.7. The first-order valence-corrected chi connectivity index (χ1v) is 15.4. The minimum Gasteiger partial charge on any atom is -0.497 e. The van der Waals surface area contributed by atoms with Gasteiger partial charge in [0, 0.05) is 38.0 Å². The molecular weight excluding hydrogens is 545 g/mol. The molecule has 0 saturated carbocycles. The highest BCUT2D eigenvalue weighted by molar-refractivity contribution is 7.92. The van der Waals surface area contributed by atoms with Gasteiger partial charge in [0.15, 0.2) is 0 Å². The summed E-state index contributed by atoms with van der Waals surface area (Å²) in [5.74, 6) is -0.576. The number of carbonyl (C=O) groups is 2. The molecule has 3 aromatic carbocycles. The highest BCUT2D eigenvalue weighted by Crippen LogP contribution is 2.23. The standard InChI is InChI=1S/C31H38FN3O5S/c1-4-20-33-31(37)29(22-24-11-6-5-7-12-24)34(23-25-13-8-9-14-28(25)32)30(36)15-10-21-35(41(3,38)39)26-16-18-27(40-2)19-17-26/h5-9,11-14,16-19,29H,4,10,15,20-23H2,1-3H3,(H,33,37)/t29-/m1/s1. The third-order valence-corrected chi connectivity index (χ3v) is 7.83. The van der Waals surface area contributed by atoms with E-state index < -0.39 is 21.9 Å². The molecule has 0 bridgehead atoms. The molecule has 41 heavy (non-hydrogen) atoms. The van der Waals surface area contributed by atoms with E-state index in [1.165, 1.54) is 22.4 Å². The van der Waals surface area contributed by atoms with Crippen LogP contribution in [0.25, 0.3) is 0 Å². The molecule has 2 amide bonds. The molecular formula is C31H38FN3O5S. The van der Waals surface area contributed by atoms with Crippen LogP contribution in [-0.2, 0) is 32.6 Å². The summed E-state index contributed by atoms with van der Waals surface area (Å²) in [6, 6.07) is 21.2. The molecule has 8 nitrogen and oxygen atoms in total.